The minimum absolute atomic E-state index is 0.0116. The number of amides is 1. The Morgan fingerprint density at radius 3 is 2.90 bits per heavy atom. The molecule has 0 spiro atoms. The van der Waals surface area contributed by atoms with Crippen molar-refractivity contribution in [1.29, 1.82) is 5.26 Å². The van der Waals surface area contributed by atoms with E-state index >= 15 is 0 Å². The zero-order chi connectivity index (χ0) is 15.2. The van der Waals surface area contributed by atoms with E-state index in [9.17, 15) is 14.9 Å². The Bertz CT molecular complexity index is 591. The molecule has 1 fully saturated rings. The molecule has 0 aromatic carbocycles. The van der Waals surface area contributed by atoms with Gasteiger partial charge in [0.05, 0.1) is 17.0 Å². The summed E-state index contributed by atoms with van der Waals surface area (Å²) in [6.45, 7) is 2.63. The molecule has 21 heavy (non-hydrogen) atoms. The highest BCUT2D eigenvalue weighted by Gasteiger charge is 2.20. The average Bonchev–Trinajstić information content (AvgIpc) is 2.53. The van der Waals surface area contributed by atoms with Gasteiger partial charge in [0, 0.05) is 38.4 Å². The summed E-state index contributed by atoms with van der Waals surface area (Å²) < 4.78 is 0. The van der Waals surface area contributed by atoms with Crippen LogP contribution in [-0.2, 0) is 4.79 Å². The maximum atomic E-state index is 12.0. The highest BCUT2D eigenvalue weighted by atomic mass is 16.6. The Morgan fingerprint density at radius 1 is 1.57 bits per heavy atom. The molecular weight excluding hydrogens is 276 g/mol. The van der Waals surface area contributed by atoms with Crippen LogP contribution in [0.5, 0.6) is 0 Å². The maximum Gasteiger partial charge on any atom is 0.312 e. The summed E-state index contributed by atoms with van der Waals surface area (Å²) >= 11 is 0. The molecule has 0 saturated carbocycles. The van der Waals surface area contributed by atoms with E-state index in [1.807, 2.05) is 0 Å². The molecule has 0 unspecified atom stereocenters. The minimum atomic E-state index is -0.633. The van der Waals surface area contributed by atoms with Gasteiger partial charge in [-0.2, -0.15) is 5.26 Å². The number of nitriles is 1. The van der Waals surface area contributed by atoms with Crippen LogP contribution in [0.25, 0.3) is 0 Å². The smallest absolute Gasteiger partial charge is 0.312 e. The first kappa shape index (κ1) is 14.7. The molecule has 0 radical (unpaired) electrons. The number of carbonyl (C=O) groups is 1. The lowest BCUT2D eigenvalue weighted by Gasteiger charge is -2.27. The van der Waals surface area contributed by atoms with E-state index in [1.165, 1.54) is 6.20 Å². The van der Waals surface area contributed by atoms with Crippen LogP contribution >= 0.6 is 0 Å². The van der Waals surface area contributed by atoms with Gasteiger partial charge in [-0.05, 0) is 0 Å². The number of pyridine rings is 1. The van der Waals surface area contributed by atoms with Crippen molar-refractivity contribution in [1.82, 2.24) is 15.2 Å². The lowest BCUT2D eigenvalue weighted by Crippen LogP contribution is -2.48. The number of rotatable bonds is 4. The largest absolute Gasteiger partial charge is 0.355 e. The molecule has 1 saturated heterocycles. The second-order valence-electron chi connectivity index (χ2n) is 4.44. The highest BCUT2D eigenvalue weighted by molar-refractivity contribution is 5.81. The number of aromatic nitrogens is 1. The Morgan fingerprint density at radius 2 is 2.29 bits per heavy atom. The minimum Gasteiger partial charge on any atom is -0.355 e. The second-order valence-corrected chi connectivity index (χ2v) is 4.44. The summed E-state index contributed by atoms with van der Waals surface area (Å²) in [6, 6.07) is 2.92. The lowest BCUT2D eigenvalue weighted by molar-refractivity contribution is -0.384. The lowest BCUT2D eigenvalue weighted by atomic mass is 10.2. The van der Waals surface area contributed by atoms with Crippen molar-refractivity contribution in [3.05, 3.63) is 27.9 Å². The average molecular weight is 290 g/mol. The third kappa shape index (κ3) is 3.64. The fourth-order valence-electron chi connectivity index (χ4n) is 1.98. The number of hydrogen-bond donors (Lipinski definition) is 2. The van der Waals surface area contributed by atoms with Gasteiger partial charge in [0.15, 0.2) is 0 Å². The Labute approximate surface area is 120 Å². The van der Waals surface area contributed by atoms with Crippen molar-refractivity contribution < 1.29 is 9.72 Å². The molecule has 2 rings (SSSR count). The molecule has 9 heteroatoms. The number of nitrogens with one attached hydrogen (secondary N) is 2. The molecule has 1 aliphatic heterocycles. The molecule has 0 aliphatic carbocycles. The SMILES string of the molecule is N#Cc1cnc(NCC(=O)N2CCNCC2)c([N+](=O)[O-])c1. The van der Waals surface area contributed by atoms with Crippen LogP contribution in [0.4, 0.5) is 11.5 Å². The van der Waals surface area contributed by atoms with E-state index in [0.717, 1.165) is 19.2 Å². The van der Waals surface area contributed by atoms with E-state index in [0.29, 0.717) is 13.1 Å². The summed E-state index contributed by atoms with van der Waals surface area (Å²) in [4.78, 5) is 27.8. The summed E-state index contributed by atoms with van der Waals surface area (Å²) in [7, 11) is 0. The van der Waals surface area contributed by atoms with Crippen LogP contribution < -0.4 is 10.6 Å². The van der Waals surface area contributed by atoms with Crippen molar-refractivity contribution in [3.8, 4) is 6.07 Å². The first-order valence-corrected chi connectivity index (χ1v) is 6.38. The van der Waals surface area contributed by atoms with E-state index in [2.05, 4.69) is 15.6 Å². The Kier molecular flexibility index (Phi) is 4.63. The van der Waals surface area contributed by atoms with Crippen LogP contribution in [0, 0.1) is 21.4 Å². The summed E-state index contributed by atoms with van der Waals surface area (Å²) in [5.74, 6) is -0.153. The van der Waals surface area contributed by atoms with Crippen LogP contribution in [0.2, 0.25) is 0 Å². The van der Waals surface area contributed by atoms with Gasteiger partial charge < -0.3 is 15.5 Å². The fourth-order valence-corrected chi connectivity index (χ4v) is 1.98. The molecule has 1 aromatic rings. The van der Waals surface area contributed by atoms with Gasteiger partial charge in [-0.3, -0.25) is 14.9 Å². The van der Waals surface area contributed by atoms with Crippen LogP contribution in [0.15, 0.2) is 12.3 Å². The zero-order valence-electron chi connectivity index (χ0n) is 11.2. The predicted octanol–water partition coefficient (Wildman–Crippen LogP) is -0.295. The molecule has 0 atom stereocenters. The van der Waals surface area contributed by atoms with Gasteiger partial charge in [0.25, 0.3) is 0 Å². The number of nitro groups is 1. The number of nitrogens with zero attached hydrogens (tertiary/aromatic N) is 4. The van der Waals surface area contributed by atoms with Gasteiger partial charge in [-0.15, -0.1) is 0 Å². The van der Waals surface area contributed by atoms with Crippen LogP contribution in [0.1, 0.15) is 5.56 Å². The zero-order valence-corrected chi connectivity index (χ0v) is 11.2. The van der Waals surface area contributed by atoms with E-state index in [4.69, 9.17) is 5.26 Å². The van der Waals surface area contributed by atoms with Crippen molar-refractivity contribution in [3.63, 3.8) is 0 Å². The van der Waals surface area contributed by atoms with Crippen LogP contribution in [-0.4, -0.2) is 53.4 Å². The second kappa shape index (κ2) is 6.62. The van der Waals surface area contributed by atoms with Gasteiger partial charge in [-0.1, -0.05) is 0 Å². The van der Waals surface area contributed by atoms with Gasteiger partial charge in [0.2, 0.25) is 11.7 Å². The topological polar surface area (TPSA) is 124 Å². The molecule has 0 bridgehead atoms. The molecule has 9 nitrogen and oxygen atoms in total. The first-order valence-electron chi connectivity index (χ1n) is 6.38. The van der Waals surface area contributed by atoms with Gasteiger partial charge >= 0.3 is 5.69 Å². The first-order chi connectivity index (χ1) is 10.1. The summed E-state index contributed by atoms with van der Waals surface area (Å²) in [5, 5.41) is 25.5. The molecule has 2 N–H and O–H groups in total. The number of anilines is 1. The normalized spacial score (nSPS) is 14.3. The molecule has 1 aromatic heterocycles. The Balaban J connectivity index is 2.04. The molecular formula is C12H14N6O3. The molecule has 1 aliphatic rings. The highest BCUT2D eigenvalue weighted by Crippen LogP contribution is 2.22. The maximum absolute atomic E-state index is 12.0. The van der Waals surface area contributed by atoms with Crippen molar-refractivity contribution in [2.24, 2.45) is 0 Å². The van der Waals surface area contributed by atoms with Gasteiger partial charge in [0.1, 0.15) is 6.07 Å². The molecule has 1 amide bonds. The standard InChI is InChI=1S/C12H14N6O3/c13-6-9-5-10(18(20)21)12(15-7-9)16-8-11(19)17-3-1-14-2-4-17/h5,7,14H,1-4,8H2,(H,15,16). The van der Waals surface area contributed by atoms with E-state index in [1.54, 1.807) is 11.0 Å². The van der Waals surface area contributed by atoms with Gasteiger partial charge in [-0.25, -0.2) is 4.98 Å². The third-order valence-electron chi connectivity index (χ3n) is 3.07. The number of piperazine rings is 1. The summed E-state index contributed by atoms with van der Waals surface area (Å²) in [5.41, 5.74) is -0.220. The molecule has 2 heterocycles. The molecule has 110 valence electrons. The predicted molar refractivity (Wildman–Crippen MR) is 73.5 cm³/mol. The van der Waals surface area contributed by atoms with E-state index < -0.39 is 4.92 Å². The third-order valence-corrected chi connectivity index (χ3v) is 3.07. The number of carbonyl (C=O) groups excluding carboxylic acids is 1. The fraction of sp³-hybridized carbons (Fsp3) is 0.417. The van der Waals surface area contributed by atoms with Crippen molar-refractivity contribution in [2.45, 2.75) is 0 Å². The quantitative estimate of drug-likeness (QED) is 0.576. The Hall–Kier alpha value is -2.73. The van der Waals surface area contributed by atoms with Crippen molar-refractivity contribution in [2.75, 3.05) is 38.0 Å². The summed E-state index contributed by atoms with van der Waals surface area (Å²) in [6.07, 6.45) is 1.23. The monoisotopic (exact) mass is 290 g/mol. The van der Waals surface area contributed by atoms with E-state index in [-0.39, 0.29) is 29.5 Å². The van der Waals surface area contributed by atoms with Crippen LogP contribution in [0.3, 0.4) is 0 Å². The van der Waals surface area contributed by atoms with Crippen molar-refractivity contribution >= 4 is 17.4 Å². The number of hydrogen-bond acceptors (Lipinski definition) is 7.